The molecule has 2 rings (SSSR count). The maximum atomic E-state index is 10.1. The molecule has 0 amide bonds. The van der Waals surface area contributed by atoms with E-state index in [2.05, 4.69) is 22.9 Å². The first-order chi connectivity index (χ1) is 7.55. The Labute approximate surface area is 105 Å². The van der Waals surface area contributed by atoms with Crippen LogP contribution >= 0.6 is 15.9 Å². The zero-order chi connectivity index (χ0) is 11.8. The molecule has 0 spiro atoms. The van der Waals surface area contributed by atoms with E-state index in [0.717, 1.165) is 28.6 Å². The minimum Gasteiger partial charge on any atom is -0.496 e. The van der Waals surface area contributed by atoms with Crippen molar-refractivity contribution in [3.05, 3.63) is 28.2 Å². The maximum Gasteiger partial charge on any atom is 0.122 e. The summed E-state index contributed by atoms with van der Waals surface area (Å²) in [7, 11) is 1.66. The average molecular weight is 285 g/mol. The predicted octanol–water partition coefficient (Wildman–Crippen LogP) is 3.16. The van der Waals surface area contributed by atoms with E-state index in [1.54, 1.807) is 7.11 Å². The van der Waals surface area contributed by atoms with Gasteiger partial charge in [0.15, 0.2) is 0 Å². The molecule has 1 aliphatic carbocycles. The van der Waals surface area contributed by atoms with Crippen LogP contribution in [0.5, 0.6) is 5.75 Å². The average Bonchev–Trinajstić information content (AvgIpc) is 2.98. The third-order valence-electron chi connectivity index (χ3n) is 3.50. The van der Waals surface area contributed by atoms with Crippen molar-refractivity contribution in [1.29, 1.82) is 0 Å². The van der Waals surface area contributed by atoms with Gasteiger partial charge in [-0.25, -0.2) is 0 Å². The minimum atomic E-state index is -0.268. The van der Waals surface area contributed by atoms with Gasteiger partial charge < -0.3 is 9.84 Å². The molecule has 1 N–H and O–H groups in total. The quantitative estimate of drug-likeness (QED) is 0.920. The highest BCUT2D eigenvalue weighted by molar-refractivity contribution is 9.10. The number of methoxy groups -OCH3 is 1. The zero-order valence-electron chi connectivity index (χ0n) is 9.66. The zero-order valence-corrected chi connectivity index (χ0v) is 11.3. The summed E-state index contributed by atoms with van der Waals surface area (Å²) < 4.78 is 6.33. The molecule has 1 fully saturated rings. The van der Waals surface area contributed by atoms with Gasteiger partial charge in [-0.3, -0.25) is 0 Å². The van der Waals surface area contributed by atoms with Crippen LogP contribution < -0.4 is 4.74 Å². The van der Waals surface area contributed by atoms with Crippen molar-refractivity contribution in [3.8, 4) is 5.75 Å². The second-order valence-corrected chi connectivity index (χ2v) is 5.75. The van der Waals surface area contributed by atoms with E-state index >= 15 is 0 Å². The van der Waals surface area contributed by atoms with Crippen LogP contribution in [0.1, 0.15) is 25.3 Å². The number of ether oxygens (including phenoxy) is 1. The Balaban J connectivity index is 2.16. The van der Waals surface area contributed by atoms with Crippen LogP contribution in [0.4, 0.5) is 0 Å². The summed E-state index contributed by atoms with van der Waals surface area (Å²) in [5.74, 6) is 0.853. The fourth-order valence-electron chi connectivity index (χ4n) is 1.89. The van der Waals surface area contributed by atoms with Gasteiger partial charge in [-0.2, -0.15) is 0 Å². The van der Waals surface area contributed by atoms with Crippen molar-refractivity contribution in [2.45, 2.75) is 32.3 Å². The monoisotopic (exact) mass is 284 g/mol. The van der Waals surface area contributed by atoms with E-state index in [1.807, 2.05) is 18.2 Å². The lowest BCUT2D eigenvalue weighted by atomic mass is 9.95. The van der Waals surface area contributed by atoms with Gasteiger partial charge >= 0.3 is 0 Å². The number of hydrogen-bond donors (Lipinski definition) is 1. The number of aliphatic hydroxyl groups excluding tert-OH is 1. The summed E-state index contributed by atoms with van der Waals surface area (Å²) in [4.78, 5) is 0. The Morgan fingerprint density at radius 3 is 2.75 bits per heavy atom. The molecule has 0 aliphatic heterocycles. The summed E-state index contributed by atoms with van der Waals surface area (Å²) in [6.45, 7) is 2.14. The summed E-state index contributed by atoms with van der Waals surface area (Å²) in [5, 5.41) is 10.1. The van der Waals surface area contributed by atoms with Crippen LogP contribution in [-0.2, 0) is 6.42 Å². The standard InChI is InChI=1S/C13H17BrO2/c1-13(5-6-13)12(15)8-9-7-10(14)3-4-11(9)16-2/h3-4,7,12,15H,5-6,8H2,1-2H3. The van der Waals surface area contributed by atoms with E-state index in [4.69, 9.17) is 4.74 Å². The van der Waals surface area contributed by atoms with Crippen molar-refractivity contribution >= 4 is 15.9 Å². The highest BCUT2D eigenvalue weighted by Gasteiger charge is 2.44. The molecule has 2 nitrogen and oxygen atoms in total. The Bertz CT molecular complexity index is 386. The normalized spacial score (nSPS) is 19.2. The lowest BCUT2D eigenvalue weighted by molar-refractivity contribution is 0.102. The molecule has 0 saturated heterocycles. The highest BCUT2D eigenvalue weighted by Crippen LogP contribution is 2.49. The molecule has 3 heteroatoms. The molecule has 1 atom stereocenters. The van der Waals surface area contributed by atoms with E-state index < -0.39 is 0 Å². The lowest BCUT2D eigenvalue weighted by Crippen LogP contribution is -2.21. The molecular formula is C13H17BrO2. The molecule has 16 heavy (non-hydrogen) atoms. The first kappa shape index (κ1) is 11.9. The van der Waals surface area contributed by atoms with Crippen LogP contribution in [-0.4, -0.2) is 18.3 Å². The van der Waals surface area contributed by atoms with Gasteiger partial charge in [-0.1, -0.05) is 22.9 Å². The van der Waals surface area contributed by atoms with Crippen LogP contribution in [0.3, 0.4) is 0 Å². The van der Waals surface area contributed by atoms with Crippen LogP contribution in [0.2, 0.25) is 0 Å². The van der Waals surface area contributed by atoms with Crippen molar-refractivity contribution in [2.75, 3.05) is 7.11 Å². The SMILES string of the molecule is COc1ccc(Br)cc1CC(O)C1(C)CC1. The van der Waals surface area contributed by atoms with Gasteiger partial charge in [0.2, 0.25) is 0 Å². The molecule has 0 radical (unpaired) electrons. The summed E-state index contributed by atoms with van der Waals surface area (Å²) in [5.41, 5.74) is 1.20. The van der Waals surface area contributed by atoms with Crippen LogP contribution in [0, 0.1) is 5.41 Å². The molecule has 1 aliphatic rings. The minimum absolute atomic E-state index is 0.132. The molecule has 1 saturated carbocycles. The Hall–Kier alpha value is -0.540. The summed E-state index contributed by atoms with van der Waals surface area (Å²) in [6.07, 6.45) is 2.66. The van der Waals surface area contributed by atoms with E-state index in [0.29, 0.717) is 6.42 Å². The number of aliphatic hydroxyl groups is 1. The van der Waals surface area contributed by atoms with Gasteiger partial charge in [0, 0.05) is 10.9 Å². The molecule has 0 bridgehead atoms. The van der Waals surface area contributed by atoms with Crippen molar-refractivity contribution in [3.63, 3.8) is 0 Å². The molecule has 1 unspecified atom stereocenters. The first-order valence-corrected chi connectivity index (χ1v) is 6.35. The third-order valence-corrected chi connectivity index (χ3v) is 3.99. The fraction of sp³-hybridized carbons (Fsp3) is 0.538. The number of benzene rings is 1. The molecule has 1 aromatic rings. The van der Waals surface area contributed by atoms with Gasteiger partial charge in [-0.05, 0) is 42.0 Å². The second kappa shape index (κ2) is 4.38. The Kier molecular flexibility index (Phi) is 3.27. The second-order valence-electron chi connectivity index (χ2n) is 4.83. The molecule has 0 aromatic heterocycles. The summed E-state index contributed by atoms with van der Waals surface area (Å²) in [6, 6.07) is 5.91. The highest BCUT2D eigenvalue weighted by atomic mass is 79.9. The molecule has 1 aromatic carbocycles. The van der Waals surface area contributed by atoms with Gasteiger partial charge in [-0.15, -0.1) is 0 Å². The topological polar surface area (TPSA) is 29.5 Å². The van der Waals surface area contributed by atoms with Crippen LogP contribution in [0.25, 0.3) is 0 Å². The van der Waals surface area contributed by atoms with Crippen molar-refractivity contribution in [1.82, 2.24) is 0 Å². The molecular weight excluding hydrogens is 268 g/mol. The summed E-state index contributed by atoms with van der Waals surface area (Å²) >= 11 is 3.44. The smallest absolute Gasteiger partial charge is 0.122 e. The largest absolute Gasteiger partial charge is 0.496 e. The van der Waals surface area contributed by atoms with Gasteiger partial charge in [0.1, 0.15) is 5.75 Å². The van der Waals surface area contributed by atoms with E-state index in [9.17, 15) is 5.11 Å². The Morgan fingerprint density at radius 2 is 2.19 bits per heavy atom. The van der Waals surface area contributed by atoms with E-state index in [1.165, 1.54) is 0 Å². The van der Waals surface area contributed by atoms with Gasteiger partial charge in [0.25, 0.3) is 0 Å². The van der Waals surface area contributed by atoms with Crippen molar-refractivity contribution < 1.29 is 9.84 Å². The maximum absolute atomic E-state index is 10.1. The van der Waals surface area contributed by atoms with Crippen molar-refractivity contribution in [2.24, 2.45) is 5.41 Å². The van der Waals surface area contributed by atoms with E-state index in [-0.39, 0.29) is 11.5 Å². The van der Waals surface area contributed by atoms with Gasteiger partial charge in [0.05, 0.1) is 13.2 Å². The molecule has 0 heterocycles. The Morgan fingerprint density at radius 1 is 1.50 bits per heavy atom. The number of halogens is 1. The fourth-order valence-corrected chi connectivity index (χ4v) is 2.30. The third kappa shape index (κ3) is 2.41. The first-order valence-electron chi connectivity index (χ1n) is 5.56. The lowest BCUT2D eigenvalue weighted by Gasteiger charge is -2.19. The number of hydrogen-bond acceptors (Lipinski definition) is 2. The number of rotatable bonds is 4. The predicted molar refractivity (Wildman–Crippen MR) is 67.7 cm³/mol. The van der Waals surface area contributed by atoms with Crippen LogP contribution in [0.15, 0.2) is 22.7 Å². The molecule has 88 valence electrons.